The predicted octanol–water partition coefficient (Wildman–Crippen LogP) is 0.700. The number of rotatable bonds is 8. The average molecular weight is 293 g/mol. The number of nitrogens with one attached hydrogen (secondary N) is 1. The van der Waals surface area contributed by atoms with Gasteiger partial charge in [-0.3, -0.25) is 0 Å². The Labute approximate surface area is 114 Å². The van der Waals surface area contributed by atoms with Crippen LogP contribution in [0, 0.1) is 5.92 Å². The third kappa shape index (κ3) is 7.37. The number of ether oxygens (including phenoxy) is 1. The maximum Gasteiger partial charge on any atom is 0.407 e. The van der Waals surface area contributed by atoms with E-state index in [-0.39, 0.29) is 24.0 Å². The molecule has 0 bridgehead atoms. The zero-order chi connectivity index (χ0) is 14.1. The summed E-state index contributed by atoms with van der Waals surface area (Å²) in [4.78, 5) is 11.3. The fraction of sp³-hybridized carbons (Fsp3) is 0.917. The lowest BCUT2D eigenvalue weighted by atomic mass is 10.1. The molecular formula is C12H23NO5S. The van der Waals surface area contributed by atoms with Crippen molar-refractivity contribution in [3.8, 4) is 0 Å². The maximum atomic E-state index is 11.3. The number of carbonyl (C=O) groups is 1. The van der Waals surface area contributed by atoms with Gasteiger partial charge in [0, 0.05) is 13.2 Å². The van der Waals surface area contributed by atoms with E-state index in [1.54, 1.807) is 0 Å². The largest absolute Gasteiger partial charge is 0.450 e. The van der Waals surface area contributed by atoms with Crippen molar-refractivity contribution in [2.75, 3.05) is 31.3 Å². The summed E-state index contributed by atoms with van der Waals surface area (Å²) in [6.45, 7) is 0.925. The van der Waals surface area contributed by atoms with Gasteiger partial charge in [0.25, 0.3) is 0 Å². The number of unbranched alkanes of at least 4 members (excludes halogenated alkanes) is 3. The highest BCUT2D eigenvalue weighted by molar-refractivity contribution is 7.91. The third-order valence-electron chi connectivity index (χ3n) is 3.15. The van der Waals surface area contributed by atoms with Gasteiger partial charge in [-0.15, -0.1) is 0 Å². The number of aliphatic hydroxyl groups excluding tert-OH is 1. The first kappa shape index (κ1) is 16.2. The van der Waals surface area contributed by atoms with E-state index in [0.717, 1.165) is 25.7 Å². The number of amides is 1. The van der Waals surface area contributed by atoms with Crippen molar-refractivity contribution in [3.63, 3.8) is 0 Å². The molecule has 0 spiro atoms. The minimum absolute atomic E-state index is 0.0158. The Kier molecular flexibility index (Phi) is 7.15. The summed E-state index contributed by atoms with van der Waals surface area (Å²) in [6, 6.07) is 0. The molecule has 112 valence electrons. The van der Waals surface area contributed by atoms with Crippen LogP contribution in [-0.2, 0) is 14.6 Å². The molecule has 0 aromatic carbocycles. The van der Waals surface area contributed by atoms with Crippen molar-refractivity contribution in [3.05, 3.63) is 0 Å². The van der Waals surface area contributed by atoms with Crippen molar-refractivity contribution in [1.82, 2.24) is 5.32 Å². The fourth-order valence-corrected chi connectivity index (χ4v) is 3.91. The minimum Gasteiger partial charge on any atom is -0.450 e. The summed E-state index contributed by atoms with van der Waals surface area (Å²) in [5.74, 6) is 0.398. The molecule has 0 aromatic heterocycles. The third-order valence-corrected chi connectivity index (χ3v) is 4.98. The van der Waals surface area contributed by atoms with E-state index in [1.807, 2.05) is 0 Å². The lowest BCUT2D eigenvalue weighted by molar-refractivity contribution is 0.142. The van der Waals surface area contributed by atoms with Gasteiger partial charge in [-0.05, 0) is 31.6 Å². The fourth-order valence-electron chi connectivity index (χ4n) is 2.04. The summed E-state index contributed by atoms with van der Waals surface area (Å²) in [5, 5.41) is 11.2. The van der Waals surface area contributed by atoms with E-state index in [4.69, 9.17) is 9.84 Å². The Hall–Kier alpha value is -0.820. The van der Waals surface area contributed by atoms with Crippen molar-refractivity contribution in [2.45, 2.75) is 32.1 Å². The molecule has 0 aromatic rings. The smallest absolute Gasteiger partial charge is 0.407 e. The van der Waals surface area contributed by atoms with E-state index in [0.29, 0.717) is 19.6 Å². The van der Waals surface area contributed by atoms with Gasteiger partial charge in [-0.25, -0.2) is 13.2 Å². The van der Waals surface area contributed by atoms with Crippen molar-refractivity contribution < 1.29 is 23.1 Å². The van der Waals surface area contributed by atoms with Crippen LogP contribution >= 0.6 is 0 Å². The molecule has 1 aliphatic heterocycles. The quantitative estimate of drug-likeness (QED) is 0.643. The number of alkyl carbamates (subject to hydrolysis) is 1. The van der Waals surface area contributed by atoms with Crippen LogP contribution in [-0.4, -0.2) is 50.9 Å². The molecule has 1 heterocycles. The molecule has 0 radical (unpaired) electrons. The van der Waals surface area contributed by atoms with Crippen molar-refractivity contribution in [1.29, 1.82) is 0 Å². The maximum absolute atomic E-state index is 11.3. The molecule has 2 N–H and O–H groups in total. The molecule has 1 saturated heterocycles. The molecule has 1 fully saturated rings. The summed E-state index contributed by atoms with van der Waals surface area (Å²) < 4.78 is 27.4. The van der Waals surface area contributed by atoms with Gasteiger partial charge >= 0.3 is 6.09 Å². The summed E-state index contributed by atoms with van der Waals surface area (Å²) in [6.07, 6.45) is 3.56. The molecule has 1 amide bonds. The van der Waals surface area contributed by atoms with Crippen LogP contribution in [0.2, 0.25) is 0 Å². The average Bonchev–Trinajstić information content (AvgIpc) is 2.71. The highest BCUT2D eigenvalue weighted by atomic mass is 32.2. The van der Waals surface area contributed by atoms with E-state index in [9.17, 15) is 13.2 Å². The first-order chi connectivity index (χ1) is 9.03. The molecule has 0 aliphatic carbocycles. The van der Waals surface area contributed by atoms with E-state index >= 15 is 0 Å². The second-order valence-electron chi connectivity index (χ2n) is 4.92. The van der Waals surface area contributed by atoms with Crippen LogP contribution < -0.4 is 5.32 Å². The second-order valence-corrected chi connectivity index (χ2v) is 7.15. The molecule has 1 atom stereocenters. The highest BCUT2D eigenvalue weighted by Crippen LogP contribution is 2.17. The zero-order valence-electron chi connectivity index (χ0n) is 11.1. The molecule has 6 nitrogen and oxygen atoms in total. The molecule has 1 aliphatic rings. The minimum atomic E-state index is -2.89. The van der Waals surface area contributed by atoms with Gasteiger partial charge < -0.3 is 15.2 Å². The van der Waals surface area contributed by atoms with Gasteiger partial charge in [-0.1, -0.05) is 6.42 Å². The van der Waals surface area contributed by atoms with Crippen molar-refractivity contribution >= 4 is 15.9 Å². The van der Waals surface area contributed by atoms with Crippen LogP contribution in [0.5, 0.6) is 0 Å². The molecule has 0 saturated carbocycles. The molecule has 0 unspecified atom stereocenters. The van der Waals surface area contributed by atoms with Gasteiger partial charge in [0.05, 0.1) is 18.1 Å². The van der Waals surface area contributed by atoms with Crippen molar-refractivity contribution in [2.24, 2.45) is 5.92 Å². The molecule has 19 heavy (non-hydrogen) atoms. The highest BCUT2D eigenvalue weighted by Gasteiger charge is 2.27. The summed E-state index contributed by atoms with van der Waals surface area (Å²) in [5.41, 5.74) is 0. The van der Waals surface area contributed by atoms with Gasteiger partial charge in [0.2, 0.25) is 0 Å². The summed E-state index contributed by atoms with van der Waals surface area (Å²) >= 11 is 0. The lowest BCUT2D eigenvalue weighted by Crippen LogP contribution is -2.30. The van der Waals surface area contributed by atoms with Gasteiger partial charge in [-0.2, -0.15) is 0 Å². The van der Waals surface area contributed by atoms with Gasteiger partial charge in [0.1, 0.15) is 0 Å². The van der Waals surface area contributed by atoms with E-state index < -0.39 is 15.9 Å². The number of sulfone groups is 1. The van der Waals surface area contributed by atoms with Crippen LogP contribution in [0.1, 0.15) is 32.1 Å². The topological polar surface area (TPSA) is 92.7 Å². The Morgan fingerprint density at radius 2 is 2.00 bits per heavy atom. The van der Waals surface area contributed by atoms with Gasteiger partial charge in [0.15, 0.2) is 9.84 Å². The monoisotopic (exact) mass is 293 g/mol. The zero-order valence-corrected chi connectivity index (χ0v) is 12.0. The Balaban J connectivity index is 1.99. The molecule has 7 heteroatoms. The molecule has 1 rings (SSSR count). The predicted molar refractivity (Wildman–Crippen MR) is 71.7 cm³/mol. The molecular weight excluding hydrogens is 270 g/mol. The standard InChI is InChI=1S/C12H23NO5S/c14-6-3-1-2-4-7-18-12(15)13-9-11-5-8-19(16,17)10-11/h11,14H,1-10H2,(H,13,15)/t11-/m1/s1. The lowest BCUT2D eigenvalue weighted by Gasteiger charge is -2.10. The Bertz CT molecular complexity index is 368. The second kappa shape index (κ2) is 8.37. The Morgan fingerprint density at radius 1 is 1.26 bits per heavy atom. The number of carbonyl (C=O) groups excluding carboxylic acids is 1. The number of hydrogen-bond donors (Lipinski definition) is 2. The first-order valence-corrected chi connectivity index (χ1v) is 8.57. The Morgan fingerprint density at radius 3 is 2.63 bits per heavy atom. The number of aliphatic hydroxyl groups is 1. The summed E-state index contributed by atoms with van der Waals surface area (Å²) in [7, 11) is -2.89. The van der Waals surface area contributed by atoms with E-state index in [2.05, 4.69) is 5.32 Å². The number of hydrogen-bond acceptors (Lipinski definition) is 5. The van der Waals surface area contributed by atoms with Crippen LogP contribution in [0.4, 0.5) is 4.79 Å². The van der Waals surface area contributed by atoms with E-state index in [1.165, 1.54) is 0 Å². The van der Waals surface area contributed by atoms with Crippen LogP contribution in [0.3, 0.4) is 0 Å². The van der Waals surface area contributed by atoms with Crippen LogP contribution in [0.25, 0.3) is 0 Å². The van der Waals surface area contributed by atoms with Crippen LogP contribution in [0.15, 0.2) is 0 Å². The first-order valence-electron chi connectivity index (χ1n) is 6.75. The normalized spacial score (nSPS) is 21.2. The SMILES string of the molecule is O=C(NC[C@H]1CCS(=O)(=O)C1)OCCCCCCO.